The summed E-state index contributed by atoms with van der Waals surface area (Å²) in [4.78, 5) is 18.3. The van der Waals surface area contributed by atoms with Gasteiger partial charge in [-0.25, -0.2) is 14.8 Å². The van der Waals surface area contributed by atoms with E-state index in [0.29, 0.717) is 12.4 Å². The third-order valence-corrected chi connectivity index (χ3v) is 1.84. The molecule has 1 aromatic heterocycles. The van der Waals surface area contributed by atoms with Gasteiger partial charge < -0.3 is 15.2 Å². The van der Waals surface area contributed by atoms with Crippen molar-refractivity contribution < 1.29 is 14.6 Å². The Bertz CT molecular complexity index is 362. The third-order valence-electron chi connectivity index (χ3n) is 1.84. The van der Waals surface area contributed by atoms with Crippen LogP contribution in [0.25, 0.3) is 0 Å². The number of carboxylic acids is 1. The summed E-state index contributed by atoms with van der Waals surface area (Å²) in [6.45, 7) is 4.40. The van der Waals surface area contributed by atoms with Gasteiger partial charge in [-0.3, -0.25) is 0 Å². The number of carboxylic acid groups (broad SMARTS) is 1. The number of anilines is 1. The van der Waals surface area contributed by atoms with Crippen LogP contribution in [0.3, 0.4) is 0 Å². The molecule has 2 N–H and O–H groups in total. The maximum atomic E-state index is 10.6. The Balaban J connectivity index is 2.72. The average Bonchev–Trinajstić information content (AvgIpc) is 2.17. The number of methoxy groups -OCH3 is 1. The van der Waals surface area contributed by atoms with Crippen LogP contribution in [-0.2, 0) is 4.74 Å². The van der Waals surface area contributed by atoms with Crippen molar-refractivity contribution in [3.63, 3.8) is 0 Å². The lowest BCUT2D eigenvalue weighted by Gasteiger charge is -2.25. The molecule has 0 radical (unpaired) electrons. The smallest absolute Gasteiger partial charge is 0.356 e. The van der Waals surface area contributed by atoms with E-state index in [1.54, 1.807) is 7.11 Å². The van der Waals surface area contributed by atoms with Crippen LogP contribution in [0.15, 0.2) is 12.4 Å². The molecule has 0 aliphatic carbocycles. The molecule has 0 fully saturated rings. The van der Waals surface area contributed by atoms with E-state index in [1.807, 2.05) is 13.8 Å². The lowest BCUT2D eigenvalue weighted by Crippen LogP contribution is -2.36. The molecule has 1 aromatic rings. The van der Waals surface area contributed by atoms with Crippen LogP contribution >= 0.6 is 0 Å². The Hall–Kier alpha value is -1.69. The summed E-state index contributed by atoms with van der Waals surface area (Å²) in [6.07, 6.45) is 2.61. The van der Waals surface area contributed by atoms with E-state index < -0.39 is 5.97 Å². The highest BCUT2D eigenvalue weighted by molar-refractivity contribution is 5.84. The van der Waals surface area contributed by atoms with Crippen LogP contribution in [0.4, 0.5) is 5.82 Å². The highest BCUT2D eigenvalue weighted by atomic mass is 16.5. The maximum absolute atomic E-state index is 10.6. The molecular weight excluding hydrogens is 210 g/mol. The number of aromatic nitrogens is 2. The van der Waals surface area contributed by atoms with Crippen molar-refractivity contribution in [2.75, 3.05) is 19.0 Å². The van der Waals surface area contributed by atoms with Crippen molar-refractivity contribution in [2.45, 2.75) is 19.4 Å². The fraction of sp³-hybridized carbons (Fsp3) is 0.500. The van der Waals surface area contributed by atoms with Crippen LogP contribution in [0.1, 0.15) is 24.3 Å². The Morgan fingerprint density at radius 2 is 2.19 bits per heavy atom. The summed E-state index contributed by atoms with van der Waals surface area (Å²) in [6, 6.07) is 0. The highest BCUT2D eigenvalue weighted by Crippen LogP contribution is 2.11. The molecule has 0 unspecified atom stereocenters. The van der Waals surface area contributed by atoms with Gasteiger partial charge in [-0.15, -0.1) is 0 Å². The first-order valence-corrected chi connectivity index (χ1v) is 4.77. The predicted molar refractivity (Wildman–Crippen MR) is 58.6 cm³/mol. The van der Waals surface area contributed by atoms with Crippen LogP contribution in [0.5, 0.6) is 0 Å². The van der Waals surface area contributed by atoms with Gasteiger partial charge in [0, 0.05) is 7.11 Å². The van der Waals surface area contributed by atoms with E-state index in [2.05, 4.69) is 15.3 Å². The molecule has 0 saturated heterocycles. The summed E-state index contributed by atoms with van der Waals surface area (Å²) < 4.78 is 5.04. The zero-order valence-corrected chi connectivity index (χ0v) is 9.52. The van der Waals surface area contributed by atoms with E-state index in [4.69, 9.17) is 9.84 Å². The number of nitrogens with zero attached hydrogens (tertiary/aromatic N) is 2. The van der Waals surface area contributed by atoms with E-state index in [-0.39, 0.29) is 11.2 Å². The van der Waals surface area contributed by atoms with E-state index >= 15 is 0 Å². The van der Waals surface area contributed by atoms with Gasteiger partial charge in [0.25, 0.3) is 0 Å². The average molecular weight is 225 g/mol. The highest BCUT2D eigenvalue weighted by Gasteiger charge is 2.17. The van der Waals surface area contributed by atoms with Crippen molar-refractivity contribution in [2.24, 2.45) is 0 Å². The van der Waals surface area contributed by atoms with Gasteiger partial charge in [-0.05, 0) is 13.8 Å². The van der Waals surface area contributed by atoms with E-state index in [9.17, 15) is 4.79 Å². The molecule has 0 spiro atoms. The number of aromatic carboxylic acids is 1. The third kappa shape index (κ3) is 3.47. The molecule has 0 aromatic carbocycles. The maximum Gasteiger partial charge on any atom is 0.356 e. The summed E-state index contributed by atoms with van der Waals surface area (Å²) >= 11 is 0. The quantitative estimate of drug-likeness (QED) is 0.778. The predicted octanol–water partition coefficient (Wildman–Crippen LogP) is 1.01. The van der Waals surface area contributed by atoms with Crippen LogP contribution in [-0.4, -0.2) is 40.3 Å². The zero-order chi connectivity index (χ0) is 12.2. The van der Waals surface area contributed by atoms with Crippen molar-refractivity contribution in [3.05, 3.63) is 18.1 Å². The van der Waals surface area contributed by atoms with Gasteiger partial charge in [0.1, 0.15) is 5.82 Å². The second-order valence-electron chi connectivity index (χ2n) is 4.03. The molecule has 0 aliphatic heterocycles. The number of hydrogen-bond acceptors (Lipinski definition) is 5. The fourth-order valence-corrected chi connectivity index (χ4v) is 1.25. The molecule has 0 bridgehead atoms. The standard InChI is InChI=1S/C10H15N3O3/c1-10(2,6-16-3)13-8-5-11-7(4-12-8)9(14)15/h4-5H,6H2,1-3H3,(H,12,13)(H,14,15). The lowest BCUT2D eigenvalue weighted by atomic mass is 10.1. The second kappa shape index (κ2) is 4.89. The number of ether oxygens (including phenoxy) is 1. The monoisotopic (exact) mass is 225 g/mol. The van der Waals surface area contributed by atoms with Crippen molar-refractivity contribution in [3.8, 4) is 0 Å². The SMILES string of the molecule is COCC(C)(C)Nc1cnc(C(=O)O)cn1. The Kier molecular flexibility index (Phi) is 3.78. The van der Waals surface area contributed by atoms with Crippen molar-refractivity contribution >= 4 is 11.8 Å². The Morgan fingerprint density at radius 1 is 1.50 bits per heavy atom. The molecule has 6 nitrogen and oxygen atoms in total. The molecule has 16 heavy (non-hydrogen) atoms. The van der Waals surface area contributed by atoms with Gasteiger partial charge in [-0.1, -0.05) is 0 Å². The first kappa shape index (κ1) is 12.4. The van der Waals surface area contributed by atoms with E-state index in [0.717, 1.165) is 0 Å². The Labute approximate surface area is 93.7 Å². The number of hydrogen-bond donors (Lipinski definition) is 2. The molecule has 88 valence electrons. The summed E-state index contributed by atoms with van der Waals surface area (Å²) in [5.41, 5.74) is -0.358. The van der Waals surface area contributed by atoms with Crippen LogP contribution in [0, 0.1) is 0 Å². The minimum atomic E-state index is -1.09. The topological polar surface area (TPSA) is 84.3 Å². The molecule has 1 heterocycles. The molecule has 0 atom stereocenters. The minimum absolute atomic E-state index is 0.0740. The summed E-state index contributed by atoms with van der Waals surface area (Å²) in [5, 5.41) is 11.7. The van der Waals surface area contributed by atoms with Gasteiger partial charge >= 0.3 is 5.97 Å². The summed E-state index contributed by atoms with van der Waals surface area (Å²) in [7, 11) is 1.61. The second-order valence-corrected chi connectivity index (χ2v) is 4.03. The largest absolute Gasteiger partial charge is 0.476 e. The number of carbonyl (C=O) groups is 1. The first-order chi connectivity index (χ1) is 7.44. The molecular formula is C10H15N3O3. The molecule has 6 heteroatoms. The normalized spacial score (nSPS) is 11.2. The molecule has 0 saturated carbocycles. The number of rotatable bonds is 5. The summed E-state index contributed by atoms with van der Waals surface area (Å²) in [5.74, 6) is -0.567. The van der Waals surface area contributed by atoms with Crippen LogP contribution < -0.4 is 5.32 Å². The Morgan fingerprint density at radius 3 is 2.62 bits per heavy atom. The fourth-order valence-electron chi connectivity index (χ4n) is 1.25. The van der Waals surface area contributed by atoms with E-state index in [1.165, 1.54) is 12.4 Å². The van der Waals surface area contributed by atoms with Gasteiger partial charge in [0.05, 0.1) is 24.5 Å². The van der Waals surface area contributed by atoms with Crippen LogP contribution in [0.2, 0.25) is 0 Å². The first-order valence-electron chi connectivity index (χ1n) is 4.77. The molecule has 0 amide bonds. The van der Waals surface area contributed by atoms with Crippen molar-refractivity contribution in [1.29, 1.82) is 0 Å². The lowest BCUT2D eigenvalue weighted by molar-refractivity contribution is 0.0690. The zero-order valence-electron chi connectivity index (χ0n) is 9.52. The van der Waals surface area contributed by atoms with Gasteiger partial charge in [-0.2, -0.15) is 0 Å². The number of nitrogens with one attached hydrogen (secondary N) is 1. The molecule has 1 rings (SSSR count). The van der Waals surface area contributed by atoms with Crippen molar-refractivity contribution in [1.82, 2.24) is 9.97 Å². The molecule has 0 aliphatic rings. The van der Waals surface area contributed by atoms with Gasteiger partial charge in [0.15, 0.2) is 5.69 Å². The minimum Gasteiger partial charge on any atom is -0.476 e. The van der Waals surface area contributed by atoms with Gasteiger partial charge in [0.2, 0.25) is 0 Å².